The topological polar surface area (TPSA) is 81.4 Å². The Bertz CT molecular complexity index is 504. The molecule has 1 aromatic carbocycles. The second-order valence-corrected chi connectivity index (χ2v) is 4.87. The molecule has 0 saturated carbocycles. The van der Waals surface area contributed by atoms with E-state index in [0.29, 0.717) is 18.6 Å². The number of rotatable bonds is 4. The predicted molar refractivity (Wildman–Crippen MR) is 70.0 cm³/mol. The standard InChI is InChI=1S/C14H17FN2O3/c1-8-11(6-7-20-8)14(19)17-12(13(16)18)9-2-4-10(15)5-3-9/h2-5,8,11-12H,6-7H2,1H3,(H2,16,18)(H,17,19)/t8-,11-,12+/m0/s1. The van der Waals surface area contributed by atoms with Gasteiger partial charge < -0.3 is 15.8 Å². The lowest BCUT2D eigenvalue weighted by Crippen LogP contribution is -2.42. The lowest BCUT2D eigenvalue weighted by atomic mass is 10.00. The molecule has 3 N–H and O–H groups in total. The van der Waals surface area contributed by atoms with E-state index in [2.05, 4.69) is 5.32 Å². The van der Waals surface area contributed by atoms with Gasteiger partial charge in [0.25, 0.3) is 0 Å². The maximum Gasteiger partial charge on any atom is 0.244 e. The highest BCUT2D eigenvalue weighted by atomic mass is 19.1. The minimum Gasteiger partial charge on any atom is -0.378 e. The van der Waals surface area contributed by atoms with Gasteiger partial charge in [-0.3, -0.25) is 9.59 Å². The number of carbonyl (C=O) groups excluding carboxylic acids is 2. The van der Waals surface area contributed by atoms with Gasteiger partial charge in [0.05, 0.1) is 12.0 Å². The molecule has 20 heavy (non-hydrogen) atoms. The molecule has 0 spiro atoms. The van der Waals surface area contributed by atoms with Crippen molar-refractivity contribution in [2.75, 3.05) is 6.61 Å². The van der Waals surface area contributed by atoms with Crippen LogP contribution in [0.4, 0.5) is 4.39 Å². The molecule has 1 fully saturated rings. The summed E-state index contributed by atoms with van der Waals surface area (Å²) in [5.74, 6) is -1.67. The molecule has 3 atom stereocenters. The van der Waals surface area contributed by atoms with Gasteiger partial charge in [-0.05, 0) is 31.0 Å². The number of carbonyl (C=O) groups is 2. The maximum atomic E-state index is 12.9. The van der Waals surface area contributed by atoms with Crippen LogP contribution in [0.5, 0.6) is 0 Å². The summed E-state index contributed by atoms with van der Waals surface area (Å²) in [6, 6.07) is 4.34. The maximum absolute atomic E-state index is 12.9. The van der Waals surface area contributed by atoms with E-state index in [1.54, 1.807) is 0 Å². The van der Waals surface area contributed by atoms with Gasteiger partial charge in [-0.2, -0.15) is 0 Å². The van der Waals surface area contributed by atoms with Crippen molar-refractivity contribution in [3.8, 4) is 0 Å². The van der Waals surface area contributed by atoms with Crippen LogP contribution in [0.25, 0.3) is 0 Å². The van der Waals surface area contributed by atoms with Crippen LogP contribution in [-0.4, -0.2) is 24.5 Å². The third kappa shape index (κ3) is 3.14. The molecule has 2 amide bonds. The Morgan fingerprint density at radius 2 is 2.05 bits per heavy atom. The summed E-state index contributed by atoms with van der Waals surface area (Å²) in [5.41, 5.74) is 5.77. The Hall–Kier alpha value is -1.95. The van der Waals surface area contributed by atoms with Gasteiger partial charge in [0, 0.05) is 6.61 Å². The van der Waals surface area contributed by atoms with E-state index < -0.39 is 17.8 Å². The van der Waals surface area contributed by atoms with Gasteiger partial charge in [-0.1, -0.05) is 12.1 Å². The molecule has 0 radical (unpaired) electrons. The quantitative estimate of drug-likeness (QED) is 0.859. The molecule has 0 bridgehead atoms. The largest absolute Gasteiger partial charge is 0.378 e. The van der Waals surface area contributed by atoms with Crippen LogP contribution in [-0.2, 0) is 14.3 Å². The summed E-state index contributed by atoms with van der Waals surface area (Å²) in [7, 11) is 0. The highest BCUT2D eigenvalue weighted by molar-refractivity contribution is 5.88. The van der Waals surface area contributed by atoms with Crippen molar-refractivity contribution in [3.63, 3.8) is 0 Å². The van der Waals surface area contributed by atoms with Crippen LogP contribution in [0, 0.1) is 11.7 Å². The normalized spacial score (nSPS) is 23.3. The van der Waals surface area contributed by atoms with E-state index in [9.17, 15) is 14.0 Å². The van der Waals surface area contributed by atoms with Crippen LogP contribution in [0.1, 0.15) is 24.9 Å². The van der Waals surface area contributed by atoms with Crippen LogP contribution >= 0.6 is 0 Å². The number of primary amides is 1. The van der Waals surface area contributed by atoms with Crippen molar-refractivity contribution in [1.82, 2.24) is 5.32 Å². The highest BCUT2D eigenvalue weighted by Gasteiger charge is 2.33. The number of amides is 2. The van der Waals surface area contributed by atoms with Gasteiger partial charge in [-0.15, -0.1) is 0 Å². The molecule has 5 nitrogen and oxygen atoms in total. The minimum absolute atomic E-state index is 0.184. The predicted octanol–water partition coefficient (Wildman–Crippen LogP) is 0.893. The van der Waals surface area contributed by atoms with E-state index in [1.807, 2.05) is 6.92 Å². The lowest BCUT2D eigenvalue weighted by molar-refractivity contribution is -0.131. The SMILES string of the molecule is C[C@@H]1OCC[C@@H]1C(=O)N[C@@H](C(N)=O)c1ccc(F)cc1. The summed E-state index contributed by atoms with van der Waals surface area (Å²) in [6.07, 6.45) is 0.429. The Kier molecular flexibility index (Phi) is 4.34. The molecule has 1 aliphatic rings. The third-order valence-corrected chi connectivity index (χ3v) is 3.49. The monoisotopic (exact) mass is 280 g/mol. The van der Waals surface area contributed by atoms with E-state index >= 15 is 0 Å². The molecule has 0 unspecified atom stereocenters. The van der Waals surface area contributed by atoms with Crippen molar-refractivity contribution in [2.45, 2.75) is 25.5 Å². The van der Waals surface area contributed by atoms with Crippen LogP contribution < -0.4 is 11.1 Å². The number of nitrogens with two attached hydrogens (primary N) is 1. The smallest absolute Gasteiger partial charge is 0.244 e. The fraction of sp³-hybridized carbons (Fsp3) is 0.429. The summed E-state index contributed by atoms with van der Waals surface area (Å²) in [6.45, 7) is 2.34. The van der Waals surface area contributed by atoms with E-state index in [1.165, 1.54) is 24.3 Å². The Balaban J connectivity index is 2.11. The number of ether oxygens (including phenoxy) is 1. The zero-order valence-electron chi connectivity index (χ0n) is 11.1. The van der Waals surface area contributed by atoms with E-state index in [0.717, 1.165) is 0 Å². The molecule has 2 rings (SSSR count). The van der Waals surface area contributed by atoms with Gasteiger partial charge in [0.1, 0.15) is 11.9 Å². The van der Waals surface area contributed by atoms with Crippen molar-refractivity contribution >= 4 is 11.8 Å². The molecule has 1 aromatic rings. The molecule has 6 heteroatoms. The molecule has 1 saturated heterocycles. The van der Waals surface area contributed by atoms with Crippen LogP contribution in [0.2, 0.25) is 0 Å². The zero-order chi connectivity index (χ0) is 14.7. The van der Waals surface area contributed by atoms with Gasteiger partial charge in [0.15, 0.2) is 0 Å². The fourth-order valence-corrected chi connectivity index (χ4v) is 2.30. The highest BCUT2D eigenvalue weighted by Crippen LogP contribution is 2.22. The molecule has 108 valence electrons. The molecular formula is C14H17FN2O3. The molecule has 1 heterocycles. The fourth-order valence-electron chi connectivity index (χ4n) is 2.30. The Labute approximate surface area is 116 Å². The first-order valence-electron chi connectivity index (χ1n) is 6.46. The zero-order valence-corrected chi connectivity index (χ0v) is 11.1. The van der Waals surface area contributed by atoms with Crippen molar-refractivity contribution < 1.29 is 18.7 Å². The first kappa shape index (κ1) is 14.5. The minimum atomic E-state index is -0.962. The Morgan fingerprint density at radius 3 is 2.55 bits per heavy atom. The van der Waals surface area contributed by atoms with Crippen LogP contribution in [0.3, 0.4) is 0 Å². The third-order valence-electron chi connectivity index (χ3n) is 3.49. The summed E-state index contributed by atoms with van der Waals surface area (Å²) in [5, 5.41) is 2.61. The van der Waals surface area contributed by atoms with Crippen molar-refractivity contribution in [1.29, 1.82) is 0 Å². The van der Waals surface area contributed by atoms with Gasteiger partial charge in [-0.25, -0.2) is 4.39 Å². The lowest BCUT2D eigenvalue weighted by Gasteiger charge is -2.20. The first-order chi connectivity index (χ1) is 9.49. The summed E-state index contributed by atoms with van der Waals surface area (Å²) in [4.78, 5) is 23.6. The van der Waals surface area contributed by atoms with E-state index in [-0.39, 0.29) is 17.9 Å². The van der Waals surface area contributed by atoms with Crippen molar-refractivity contribution in [3.05, 3.63) is 35.6 Å². The number of nitrogens with one attached hydrogen (secondary N) is 1. The second-order valence-electron chi connectivity index (χ2n) is 4.87. The molecule has 1 aliphatic heterocycles. The second kappa shape index (κ2) is 6.00. The number of hydrogen-bond acceptors (Lipinski definition) is 3. The van der Waals surface area contributed by atoms with Crippen LogP contribution in [0.15, 0.2) is 24.3 Å². The van der Waals surface area contributed by atoms with Gasteiger partial charge >= 0.3 is 0 Å². The van der Waals surface area contributed by atoms with Crippen molar-refractivity contribution in [2.24, 2.45) is 11.7 Å². The average Bonchev–Trinajstić information content (AvgIpc) is 2.83. The Morgan fingerprint density at radius 1 is 1.40 bits per heavy atom. The summed E-state index contributed by atoms with van der Waals surface area (Å²) < 4.78 is 18.2. The first-order valence-corrected chi connectivity index (χ1v) is 6.46. The van der Waals surface area contributed by atoms with E-state index in [4.69, 9.17) is 10.5 Å². The summed E-state index contributed by atoms with van der Waals surface area (Å²) >= 11 is 0. The molecule has 0 aromatic heterocycles. The molecular weight excluding hydrogens is 263 g/mol. The average molecular weight is 280 g/mol. The number of halogens is 1. The molecule has 0 aliphatic carbocycles. The van der Waals surface area contributed by atoms with Gasteiger partial charge in [0.2, 0.25) is 11.8 Å². The number of benzene rings is 1. The number of hydrogen-bond donors (Lipinski definition) is 2.